The summed E-state index contributed by atoms with van der Waals surface area (Å²) >= 11 is 0. The van der Waals surface area contributed by atoms with Crippen LogP contribution in [0.25, 0.3) is 93.2 Å². The van der Waals surface area contributed by atoms with Gasteiger partial charge in [-0.05, 0) is 123 Å². The van der Waals surface area contributed by atoms with Gasteiger partial charge in [0.25, 0.3) is 0 Å². The Kier molecular flexibility index (Phi) is 7.54. The molecule has 2 heterocycles. The Morgan fingerprint density at radius 3 is 1.54 bits per heavy atom. The van der Waals surface area contributed by atoms with Crippen LogP contribution in [0.15, 0.2) is 223 Å². The number of anilines is 3. The number of rotatable bonds is 6. The molecule has 2 aromatic heterocycles. The van der Waals surface area contributed by atoms with Gasteiger partial charge >= 0.3 is 0 Å². The fourth-order valence-corrected chi connectivity index (χ4v) is 9.11. The summed E-state index contributed by atoms with van der Waals surface area (Å²) in [6, 6.07) is 78.8. The number of furan rings is 1. The van der Waals surface area contributed by atoms with E-state index in [1.807, 2.05) is 12.1 Å². The van der Waals surface area contributed by atoms with Crippen LogP contribution < -0.4 is 4.90 Å². The molecule has 12 aromatic rings. The zero-order valence-electron chi connectivity index (χ0n) is 32.1. The molecule has 276 valence electrons. The maximum atomic E-state index is 6.25. The Labute approximate surface area is 341 Å². The number of hydrogen-bond acceptors (Lipinski definition) is 2. The average Bonchev–Trinajstić information content (AvgIpc) is 3.85. The van der Waals surface area contributed by atoms with Gasteiger partial charge in [-0.1, -0.05) is 140 Å². The maximum absolute atomic E-state index is 6.25. The first-order valence-electron chi connectivity index (χ1n) is 20.2. The van der Waals surface area contributed by atoms with Gasteiger partial charge < -0.3 is 13.9 Å². The van der Waals surface area contributed by atoms with Crippen LogP contribution in [0.2, 0.25) is 0 Å². The summed E-state index contributed by atoms with van der Waals surface area (Å²) in [6.07, 6.45) is 0. The predicted molar refractivity (Wildman–Crippen MR) is 249 cm³/mol. The van der Waals surface area contributed by atoms with Crippen LogP contribution in [0.1, 0.15) is 0 Å². The van der Waals surface area contributed by atoms with Crippen molar-refractivity contribution in [3.63, 3.8) is 0 Å². The van der Waals surface area contributed by atoms with Crippen molar-refractivity contribution in [1.29, 1.82) is 0 Å². The van der Waals surface area contributed by atoms with Crippen molar-refractivity contribution >= 4 is 82.4 Å². The summed E-state index contributed by atoms with van der Waals surface area (Å²) in [6.45, 7) is 0. The molecule has 10 aromatic carbocycles. The van der Waals surface area contributed by atoms with Gasteiger partial charge in [0.05, 0.1) is 11.0 Å². The molecule has 59 heavy (non-hydrogen) atoms. The first-order chi connectivity index (χ1) is 29.2. The van der Waals surface area contributed by atoms with E-state index in [-0.39, 0.29) is 0 Å². The number of fused-ring (bicyclic) bond motifs is 9. The topological polar surface area (TPSA) is 21.3 Å². The van der Waals surface area contributed by atoms with Crippen molar-refractivity contribution in [2.75, 3.05) is 4.90 Å². The lowest BCUT2D eigenvalue weighted by atomic mass is 10.00. The van der Waals surface area contributed by atoms with Gasteiger partial charge in [-0.25, -0.2) is 0 Å². The van der Waals surface area contributed by atoms with E-state index in [0.29, 0.717) is 0 Å². The molecule has 0 aliphatic rings. The summed E-state index contributed by atoms with van der Waals surface area (Å²) in [5, 5.41) is 9.76. The van der Waals surface area contributed by atoms with Crippen molar-refractivity contribution in [2.24, 2.45) is 0 Å². The van der Waals surface area contributed by atoms with Crippen LogP contribution in [-0.4, -0.2) is 4.57 Å². The fraction of sp³-hybridized carbons (Fsp3) is 0. The molecule has 12 rings (SSSR count). The van der Waals surface area contributed by atoms with E-state index in [0.717, 1.165) is 61.4 Å². The zero-order chi connectivity index (χ0) is 38.9. The third kappa shape index (κ3) is 5.51. The van der Waals surface area contributed by atoms with Gasteiger partial charge in [-0.2, -0.15) is 0 Å². The van der Waals surface area contributed by atoms with Crippen LogP contribution in [0.3, 0.4) is 0 Å². The van der Waals surface area contributed by atoms with Crippen LogP contribution in [0.4, 0.5) is 17.1 Å². The number of benzene rings is 10. The highest BCUT2D eigenvalue weighted by molar-refractivity contribution is 6.10. The van der Waals surface area contributed by atoms with Gasteiger partial charge in [0.2, 0.25) is 0 Å². The number of aromatic nitrogens is 1. The van der Waals surface area contributed by atoms with Gasteiger partial charge in [-0.3, -0.25) is 0 Å². The molecular weight excluding hydrogens is 717 g/mol. The number of para-hydroxylation sites is 3. The Morgan fingerprint density at radius 2 is 0.831 bits per heavy atom. The fourth-order valence-electron chi connectivity index (χ4n) is 9.11. The number of hydrogen-bond donors (Lipinski definition) is 0. The number of nitrogens with zero attached hydrogens (tertiary/aromatic N) is 2. The smallest absolute Gasteiger partial charge is 0.136 e. The van der Waals surface area contributed by atoms with Gasteiger partial charge in [0, 0.05) is 44.3 Å². The summed E-state index contributed by atoms with van der Waals surface area (Å²) in [5.41, 5.74) is 13.2. The molecule has 0 unspecified atom stereocenters. The third-order valence-corrected chi connectivity index (χ3v) is 12.0. The van der Waals surface area contributed by atoms with Gasteiger partial charge in [0.1, 0.15) is 11.2 Å². The maximum Gasteiger partial charge on any atom is 0.136 e. The largest absolute Gasteiger partial charge is 0.456 e. The first kappa shape index (κ1) is 33.3. The zero-order valence-corrected chi connectivity index (χ0v) is 32.1. The monoisotopic (exact) mass is 752 g/mol. The van der Waals surface area contributed by atoms with Crippen LogP contribution in [0.5, 0.6) is 0 Å². The molecule has 0 aliphatic heterocycles. The van der Waals surface area contributed by atoms with E-state index >= 15 is 0 Å². The van der Waals surface area contributed by atoms with E-state index in [1.165, 1.54) is 48.9 Å². The van der Waals surface area contributed by atoms with Crippen molar-refractivity contribution in [2.45, 2.75) is 0 Å². The van der Waals surface area contributed by atoms with Crippen molar-refractivity contribution in [1.82, 2.24) is 4.57 Å². The molecule has 3 nitrogen and oxygen atoms in total. The lowest BCUT2D eigenvalue weighted by molar-refractivity contribution is 0.669. The Morgan fingerprint density at radius 1 is 0.305 bits per heavy atom. The Hall–Kier alpha value is -7.88. The average molecular weight is 753 g/mol. The molecule has 0 spiro atoms. The highest BCUT2D eigenvalue weighted by Crippen LogP contribution is 2.40. The minimum absolute atomic E-state index is 0.901. The standard InChI is InChI=1S/C56H36N2O/c1-2-13-47-39(10-1)20-21-40-26-32-46(36-52(40)47)57(44-30-24-38(25-31-44)42-27-33-51-50-16-5-8-19-55(50)59-56(51)35-42)43-28-22-37(23-29-43)41-11-9-12-45(34-41)58-53-17-6-3-14-48(53)49-15-4-7-18-54(49)58/h1-36H. The second-order valence-electron chi connectivity index (χ2n) is 15.4. The van der Waals surface area contributed by atoms with E-state index in [4.69, 9.17) is 4.42 Å². The molecule has 0 saturated heterocycles. The van der Waals surface area contributed by atoms with Gasteiger partial charge in [0.15, 0.2) is 0 Å². The van der Waals surface area contributed by atoms with E-state index in [9.17, 15) is 0 Å². The third-order valence-electron chi connectivity index (χ3n) is 12.0. The van der Waals surface area contributed by atoms with Crippen molar-refractivity contribution < 1.29 is 4.42 Å². The molecule has 0 atom stereocenters. The summed E-state index contributed by atoms with van der Waals surface area (Å²) in [5.74, 6) is 0. The van der Waals surface area contributed by atoms with Gasteiger partial charge in [-0.15, -0.1) is 0 Å². The Bertz CT molecular complexity index is 3500. The highest BCUT2D eigenvalue weighted by atomic mass is 16.3. The van der Waals surface area contributed by atoms with Crippen molar-refractivity contribution in [3.05, 3.63) is 218 Å². The van der Waals surface area contributed by atoms with Crippen molar-refractivity contribution in [3.8, 4) is 27.9 Å². The molecule has 0 radical (unpaired) electrons. The summed E-state index contributed by atoms with van der Waals surface area (Å²) < 4.78 is 8.63. The van der Waals surface area contributed by atoms with Crippen LogP contribution >= 0.6 is 0 Å². The second kappa shape index (κ2) is 13.4. The molecule has 0 bridgehead atoms. The first-order valence-corrected chi connectivity index (χ1v) is 20.2. The molecule has 0 aliphatic carbocycles. The molecule has 0 N–H and O–H groups in total. The molecule has 0 fully saturated rings. The molecular formula is C56H36N2O. The summed E-state index contributed by atoms with van der Waals surface area (Å²) in [4.78, 5) is 2.37. The molecule has 0 saturated carbocycles. The van der Waals surface area contributed by atoms with E-state index in [1.54, 1.807) is 0 Å². The minimum atomic E-state index is 0.901. The quantitative estimate of drug-likeness (QED) is 0.158. The Balaban J connectivity index is 0.948. The highest BCUT2D eigenvalue weighted by Gasteiger charge is 2.17. The van der Waals surface area contributed by atoms with E-state index < -0.39 is 0 Å². The van der Waals surface area contributed by atoms with E-state index in [2.05, 4.69) is 216 Å². The molecule has 0 amide bonds. The lowest BCUT2D eigenvalue weighted by Gasteiger charge is -2.26. The predicted octanol–water partition coefficient (Wildman–Crippen LogP) is 15.8. The minimum Gasteiger partial charge on any atom is -0.456 e. The van der Waals surface area contributed by atoms with Crippen LogP contribution in [-0.2, 0) is 0 Å². The van der Waals surface area contributed by atoms with Crippen LogP contribution in [0, 0.1) is 0 Å². The summed E-state index contributed by atoms with van der Waals surface area (Å²) in [7, 11) is 0. The SMILES string of the molecule is c1cc(-c2ccc(N(c3ccc(-c4ccc5c(c4)oc4ccccc45)cc3)c3ccc4ccc5ccccc5c4c3)cc2)cc(-n2c3ccccc3c3ccccc32)c1. The normalized spacial score (nSPS) is 11.7. The lowest BCUT2D eigenvalue weighted by Crippen LogP contribution is -2.09. The second-order valence-corrected chi connectivity index (χ2v) is 15.4. The molecule has 3 heteroatoms.